The normalized spacial score (nSPS) is 17.8. The van der Waals surface area contributed by atoms with E-state index in [0.717, 1.165) is 26.0 Å². The van der Waals surface area contributed by atoms with Gasteiger partial charge in [0.25, 0.3) is 6.43 Å². The van der Waals surface area contributed by atoms with Gasteiger partial charge < -0.3 is 14.8 Å². The Bertz CT molecular complexity index is 235. The zero-order valence-corrected chi connectivity index (χ0v) is 10.3. The minimum absolute atomic E-state index is 0.179. The highest BCUT2D eigenvalue weighted by Gasteiger charge is 2.16. The molecule has 0 aromatic heterocycles. The minimum atomic E-state index is -2.38. The van der Waals surface area contributed by atoms with E-state index >= 15 is 0 Å². The standard InChI is InChI=1S/C12H21F2NO2/c1-2-15-11(5-7-17-9-12(13)14)10-4-3-6-16-8-10/h8,11-12,15H,2-7,9H2,1H3. The van der Waals surface area contributed by atoms with E-state index in [-0.39, 0.29) is 6.04 Å². The first-order chi connectivity index (χ1) is 8.24. The van der Waals surface area contributed by atoms with Crippen LogP contribution in [0, 0.1) is 0 Å². The van der Waals surface area contributed by atoms with E-state index in [4.69, 9.17) is 9.47 Å². The second-order valence-electron chi connectivity index (χ2n) is 4.03. The summed E-state index contributed by atoms with van der Waals surface area (Å²) in [7, 11) is 0. The first-order valence-corrected chi connectivity index (χ1v) is 6.13. The SMILES string of the molecule is CCNC(CCOCC(F)F)C1=COCCC1. The summed E-state index contributed by atoms with van der Waals surface area (Å²) in [5, 5.41) is 3.32. The third-order valence-electron chi connectivity index (χ3n) is 2.66. The first kappa shape index (κ1) is 14.4. The molecule has 3 nitrogen and oxygen atoms in total. The average molecular weight is 249 g/mol. The van der Waals surface area contributed by atoms with E-state index in [0.29, 0.717) is 13.0 Å². The van der Waals surface area contributed by atoms with Crippen molar-refractivity contribution in [3.8, 4) is 0 Å². The van der Waals surface area contributed by atoms with Crippen molar-refractivity contribution < 1.29 is 18.3 Å². The van der Waals surface area contributed by atoms with E-state index in [1.54, 1.807) is 6.26 Å². The van der Waals surface area contributed by atoms with Crippen molar-refractivity contribution >= 4 is 0 Å². The molecule has 1 atom stereocenters. The van der Waals surface area contributed by atoms with Crippen LogP contribution in [-0.2, 0) is 9.47 Å². The van der Waals surface area contributed by atoms with Crippen LogP contribution in [0.2, 0.25) is 0 Å². The molecule has 0 radical (unpaired) electrons. The molecule has 0 aromatic rings. The van der Waals surface area contributed by atoms with Gasteiger partial charge in [-0.05, 0) is 31.4 Å². The van der Waals surface area contributed by atoms with Gasteiger partial charge in [-0.15, -0.1) is 0 Å². The summed E-state index contributed by atoms with van der Waals surface area (Å²) in [4.78, 5) is 0. The lowest BCUT2D eigenvalue weighted by Crippen LogP contribution is -2.33. The Morgan fingerprint density at radius 1 is 1.53 bits per heavy atom. The van der Waals surface area contributed by atoms with Crippen LogP contribution in [0.15, 0.2) is 11.8 Å². The Kier molecular flexibility index (Phi) is 7.12. The second kappa shape index (κ2) is 8.42. The second-order valence-corrected chi connectivity index (χ2v) is 4.03. The maximum Gasteiger partial charge on any atom is 0.261 e. The summed E-state index contributed by atoms with van der Waals surface area (Å²) in [5.74, 6) is 0. The predicted molar refractivity (Wildman–Crippen MR) is 62.2 cm³/mol. The van der Waals surface area contributed by atoms with Crippen molar-refractivity contribution in [2.24, 2.45) is 0 Å². The van der Waals surface area contributed by atoms with Crippen molar-refractivity contribution in [2.45, 2.75) is 38.7 Å². The number of ether oxygens (including phenoxy) is 2. The molecule has 0 aliphatic carbocycles. The molecule has 1 heterocycles. The summed E-state index contributed by atoms with van der Waals surface area (Å²) in [6, 6.07) is 0.179. The van der Waals surface area contributed by atoms with Gasteiger partial charge in [0, 0.05) is 12.6 Å². The zero-order chi connectivity index (χ0) is 12.5. The summed E-state index contributed by atoms with van der Waals surface area (Å²) in [6.45, 7) is 3.51. The number of halogens is 2. The predicted octanol–water partition coefficient (Wildman–Crippen LogP) is 2.33. The number of nitrogens with one attached hydrogen (secondary N) is 1. The van der Waals surface area contributed by atoms with Crippen LogP contribution < -0.4 is 5.32 Å². The van der Waals surface area contributed by atoms with Gasteiger partial charge in [0.1, 0.15) is 6.61 Å². The quantitative estimate of drug-likeness (QED) is 0.670. The van der Waals surface area contributed by atoms with Crippen molar-refractivity contribution in [3.05, 3.63) is 11.8 Å². The van der Waals surface area contributed by atoms with Crippen LogP contribution in [-0.4, -0.2) is 38.8 Å². The van der Waals surface area contributed by atoms with Gasteiger partial charge in [-0.2, -0.15) is 0 Å². The lowest BCUT2D eigenvalue weighted by Gasteiger charge is -2.23. The van der Waals surface area contributed by atoms with E-state index in [1.807, 2.05) is 6.92 Å². The van der Waals surface area contributed by atoms with E-state index in [2.05, 4.69) is 5.32 Å². The van der Waals surface area contributed by atoms with Crippen LogP contribution >= 0.6 is 0 Å². The molecule has 100 valence electrons. The fourth-order valence-corrected chi connectivity index (χ4v) is 1.88. The van der Waals surface area contributed by atoms with Crippen LogP contribution in [0.4, 0.5) is 8.78 Å². The molecule has 5 heteroatoms. The van der Waals surface area contributed by atoms with Gasteiger partial charge in [-0.3, -0.25) is 0 Å². The highest BCUT2D eigenvalue weighted by molar-refractivity contribution is 5.09. The van der Waals surface area contributed by atoms with Crippen LogP contribution in [0.25, 0.3) is 0 Å². The lowest BCUT2D eigenvalue weighted by molar-refractivity contribution is 0.0150. The molecule has 0 spiro atoms. The van der Waals surface area contributed by atoms with Gasteiger partial charge in [0.05, 0.1) is 12.9 Å². The minimum Gasteiger partial charge on any atom is -0.501 e. The molecule has 0 fully saturated rings. The number of alkyl halides is 2. The van der Waals surface area contributed by atoms with Crippen molar-refractivity contribution in [2.75, 3.05) is 26.4 Å². The van der Waals surface area contributed by atoms with E-state index < -0.39 is 13.0 Å². The molecule has 1 rings (SSSR count). The molecule has 0 saturated heterocycles. The monoisotopic (exact) mass is 249 g/mol. The Hall–Kier alpha value is -0.680. The lowest BCUT2D eigenvalue weighted by atomic mass is 9.99. The Balaban J connectivity index is 2.29. The van der Waals surface area contributed by atoms with Gasteiger partial charge in [-0.25, -0.2) is 8.78 Å². The molecule has 0 bridgehead atoms. The van der Waals surface area contributed by atoms with E-state index in [9.17, 15) is 8.78 Å². The average Bonchev–Trinajstić information content (AvgIpc) is 2.34. The summed E-state index contributed by atoms with van der Waals surface area (Å²) >= 11 is 0. The highest BCUT2D eigenvalue weighted by atomic mass is 19.3. The van der Waals surface area contributed by atoms with Gasteiger partial charge in [-0.1, -0.05) is 6.92 Å². The Labute approximate surface area is 101 Å². The van der Waals surface area contributed by atoms with Gasteiger partial charge in [0.2, 0.25) is 0 Å². The molecule has 17 heavy (non-hydrogen) atoms. The van der Waals surface area contributed by atoms with Crippen molar-refractivity contribution in [1.29, 1.82) is 0 Å². The van der Waals surface area contributed by atoms with E-state index in [1.165, 1.54) is 5.57 Å². The highest BCUT2D eigenvalue weighted by Crippen LogP contribution is 2.18. The molecular weight excluding hydrogens is 228 g/mol. The summed E-state index contributed by atoms with van der Waals surface area (Å²) in [6.07, 6.45) is 2.14. The number of hydrogen-bond donors (Lipinski definition) is 1. The molecule has 1 aliphatic heterocycles. The number of likely N-dealkylation sites (N-methyl/N-ethyl adjacent to an activating group) is 1. The van der Waals surface area contributed by atoms with Crippen LogP contribution in [0.1, 0.15) is 26.2 Å². The maximum absolute atomic E-state index is 11.9. The molecule has 0 saturated carbocycles. The summed E-state index contributed by atoms with van der Waals surface area (Å²) < 4.78 is 34.0. The largest absolute Gasteiger partial charge is 0.501 e. The zero-order valence-electron chi connectivity index (χ0n) is 10.3. The van der Waals surface area contributed by atoms with Gasteiger partial charge >= 0.3 is 0 Å². The molecule has 1 aliphatic rings. The Morgan fingerprint density at radius 2 is 2.35 bits per heavy atom. The first-order valence-electron chi connectivity index (χ1n) is 6.13. The topological polar surface area (TPSA) is 30.5 Å². The van der Waals surface area contributed by atoms with Crippen molar-refractivity contribution in [1.82, 2.24) is 5.32 Å². The fraction of sp³-hybridized carbons (Fsp3) is 0.833. The summed E-state index contributed by atoms with van der Waals surface area (Å²) in [5.41, 5.74) is 1.21. The number of hydrogen-bond acceptors (Lipinski definition) is 3. The maximum atomic E-state index is 11.9. The molecule has 1 N–H and O–H groups in total. The third kappa shape index (κ3) is 5.98. The molecular formula is C12H21F2NO2. The molecule has 1 unspecified atom stereocenters. The Morgan fingerprint density at radius 3 is 2.94 bits per heavy atom. The van der Waals surface area contributed by atoms with Gasteiger partial charge in [0.15, 0.2) is 0 Å². The number of rotatable bonds is 8. The fourth-order valence-electron chi connectivity index (χ4n) is 1.88. The van der Waals surface area contributed by atoms with Crippen molar-refractivity contribution in [3.63, 3.8) is 0 Å². The van der Waals surface area contributed by atoms with Crippen LogP contribution in [0.3, 0.4) is 0 Å². The third-order valence-corrected chi connectivity index (χ3v) is 2.66. The smallest absolute Gasteiger partial charge is 0.261 e. The molecule has 0 aromatic carbocycles. The van der Waals surface area contributed by atoms with Crippen LogP contribution in [0.5, 0.6) is 0 Å². The molecule has 0 amide bonds.